The summed E-state index contributed by atoms with van der Waals surface area (Å²) in [7, 11) is 0. The molecule has 1 aliphatic rings. The van der Waals surface area contributed by atoms with Crippen LogP contribution in [0.15, 0.2) is 12.7 Å². The Hall–Kier alpha value is -0.830. The predicted molar refractivity (Wildman–Crippen MR) is 62.7 cm³/mol. The van der Waals surface area contributed by atoms with Crippen molar-refractivity contribution >= 4 is 5.91 Å². The van der Waals surface area contributed by atoms with E-state index in [4.69, 9.17) is 0 Å². The highest BCUT2D eigenvalue weighted by molar-refractivity contribution is 5.86. The maximum atomic E-state index is 11.6. The number of rotatable bonds is 5. The van der Waals surface area contributed by atoms with Crippen molar-refractivity contribution in [3.8, 4) is 0 Å². The summed E-state index contributed by atoms with van der Waals surface area (Å²) in [6, 6.07) is 0. The fraction of sp³-hybridized carbons (Fsp3) is 0.750. The van der Waals surface area contributed by atoms with E-state index in [1.807, 2.05) is 4.90 Å². The third-order valence-corrected chi connectivity index (χ3v) is 2.86. The molecule has 3 heteroatoms. The van der Waals surface area contributed by atoms with Gasteiger partial charge in [0, 0.05) is 13.1 Å². The molecule has 86 valence electrons. The molecule has 0 aliphatic carbocycles. The maximum absolute atomic E-state index is 11.6. The molecule has 1 atom stereocenters. The number of nitrogens with one attached hydrogen (secondary N) is 1. The average Bonchev–Trinajstić information content (AvgIpc) is 2.29. The van der Waals surface area contributed by atoms with Crippen LogP contribution < -0.4 is 5.32 Å². The summed E-state index contributed by atoms with van der Waals surface area (Å²) >= 11 is 0. The van der Waals surface area contributed by atoms with Crippen molar-refractivity contribution in [3.05, 3.63) is 12.7 Å². The average molecular weight is 210 g/mol. The van der Waals surface area contributed by atoms with Gasteiger partial charge in [-0.05, 0) is 44.3 Å². The minimum atomic E-state index is 0.0717. The van der Waals surface area contributed by atoms with Gasteiger partial charge >= 0.3 is 0 Å². The van der Waals surface area contributed by atoms with E-state index in [9.17, 15) is 4.79 Å². The van der Waals surface area contributed by atoms with Gasteiger partial charge in [-0.1, -0.05) is 13.5 Å². The van der Waals surface area contributed by atoms with Crippen molar-refractivity contribution in [2.75, 3.05) is 26.2 Å². The van der Waals surface area contributed by atoms with Crippen LogP contribution in [-0.2, 0) is 4.79 Å². The number of carbonyl (C=O) groups is 1. The van der Waals surface area contributed by atoms with E-state index in [1.54, 1.807) is 0 Å². The first-order chi connectivity index (χ1) is 7.27. The molecule has 3 nitrogen and oxygen atoms in total. The molecule has 1 amide bonds. The molecule has 0 saturated carbocycles. The molecule has 1 aliphatic heterocycles. The molecule has 0 aromatic carbocycles. The molecule has 0 spiro atoms. The first kappa shape index (κ1) is 12.2. The van der Waals surface area contributed by atoms with Crippen LogP contribution in [0, 0.1) is 5.92 Å². The van der Waals surface area contributed by atoms with Gasteiger partial charge < -0.3 is 10.2 Å². The zero-order valence-electron chi connectivity index (χ0n) is 9.67. The van der Waals surface area contributed by atoms with E-state index >= 15 is 0 Å². The maximum Gasteiger partial charge on any atom is 0.245 e. The van der Waals surface area contributed by atoms with Crippen LogP contribution in [0.5, 0.6) is 0 Å². The molecule has 1 unspecified atom stereocenters. The van der Waals surface area contributed by atoms with Crippen LogP contribution in [0.3, 0.4) is 0 Å². The lowest BCUT2D eigenvalue weighted by molar-refractivity contribution is -0.126. The molecule has 0 aromatic rings. The summed E-state index contributed by atoms with van der Waals surface area (Å²) in [5, 5.41) is 3.38. The first-order valence-corrected chi connectivity index (χ1v) is 5.90. The zero-order chi connectivity index (χ0) is 11.1. The summed E-state index contributed by atoms with van der Waals surface area (Å²) in [4.78, 5) is 13.5. The van der Waals surface area contributed by atoms with Gasteiger partial charge in [0.05, 0.1) is 0 Å². The van der Waals surface area contributed by atoms with Gasteiger partial charge in [-0.3, -0.25) is 4.79 Å². The normalized spacial score (nSPS) is 21.0. The molecule has 1 rings (SSSR count). The Labute approximate surface area is 92.5 Å². The Bertz CT molecular complexity index is 210. The van der Waals surface area contributed by atoms with E-state index in [-0.39, 0.29) is 5.91 Å². The predicted octanol–water partition coefficient (Wildman–Crippen LogP) is 1.41. The number of carbonyl (C=O) groups excluding carboxylic acids is 1. The van der Waals surface area contributed by atoms with Crippen LogP contribution in [0.2, 0.25) is 0 Å². The molecule has 0 aromatic heterocycles. The van der Waals surface area contributed by atoms with Gasteiger partial charge in [0.1, 0.15) is 0 Å². The largest absolute Gasteiger partial charge is 0.339 e. The fourth-order valence-corrected chi connectivity index (χ4v) is 2.08. The van der Waals surface area contributed by atoms with E-state index in [0.29, 0.717) is 5.92 Å². The van der Waals surface area contributed by atoms with E-state index in [0.717, 1.165) is 32.6 Å². The smallest absolute Gasteiger partial charge is 0.245 e. The Balaban J connectivity index is 2.41. The molecule has 15 heavy (non-hydrogen) atoms. The Morgan fingerprint density at radius 1 is 1.67 bits per heavy atom. The zero-order valence-corrected chi connectivity index (χ0v) is 9.67. The molecular formula is C12H22N2O. The summed E-state index contributed by atoms with van der Waals surface area (Å²) in [6.45, 7) is 9.55. The van der Waals surface area contributed by atoms with Crippen molar-refractivity contribution < 1.29 is 4.79 Å². The highest BCUT2D eigenvalue weighted by Crippen LogP contribution is 2.12. The second-order valence-electron chi connectivity index (χ2n) is 4.20. The lowest BCUT2D eigenvalue weighted by Gasteiger charge is -2.29. The highest BCUT2D eigenvalue weighted by atomic mass is 16.2. The van der Waals surface area contributed by atoms with Crippen LogP contribution in [0.4, 0.5) is 0 Å². The number of hydrogen-bond donors (Lipinski definition) is 1. The summed E-state index contributed by atoms with van der Waals surface area (Å²) in [6.07, 6.45) is 4.90. The topological polar surface area (TPSA) is 32.3 Å². The monoisotopic (exact) mass is 210 g/mol. The molecule has 1 heterocycles. The molecular weight excluding hydrogens is 188 g/mol. The SMILES string of the molecule is C=CC(=O)N(CCC)CC1CCCNC1. The second kappa shape index (κ2) is 6.62. The lowest BCUT2D eigenvalue weighted by atomic mass is 9.99. The minimum absolute atomic E-state index is 0.0717. The number of piperidine rings is 1. The van der Waals surface area contributed by atoms with Gasteiger partial charge in [0.15, 0.2) is 0 Å². The van der Waals surface area contributed by atoms with Crippen LogP contribution in [0.1, 0.15) is 26.2 Å². The van der Waals surface area contributed by atoms with Crippen molar-refractivity contribution in [2.45, 2.75) is 26.2 Å². The number of amides is 1. The Morgan fingerprint density at radius 3 is 3.00 bits per heavy atom. The van der Waals surface area contributed by atoms with Crippen LogP contribution in [0.25, 0.3) is 0 Å². The van der Waals surface area contributed by atoms with Crippen molar-refractivity contribution in [1.82, 2.24) is 10.2 Å². The molecule has 1 fully saturated rings. The molecule has 0 bridgehead atoms. The summed E-state index contributed by atoms with van der Waals surface area (Å²) in [5.41, 5.74) is 0. The Morgan fingerprint density at radius 2 is 2.47 bits per heavy atom. The van der Waals surface area contributed by atoms with Gasteiger partial charge in [0.2, 0.25) is 5.91 Å². The molecule has 1 N–H and O–H groups in total. The summed E-state index contributed by atoms with van der Waals surface area (Å²) in [5.74, 6) is 0.691. The van der Waals surface area contributed by atoms with Gasteiger partial charge in [-0.25, -0.2) is 0 Å². The molecule has 1 saturated heterocycles. The van der Waals surface area contributed by atoms with Crippen molar-refractivity contribution in [2.24, 2.45) is 5.92 Å². The third kappa shape index (κ3) is 4.04. The standard InChI is InChI=1S/C12H22N2O/c1-3-8-14(12(15)4-2)10-11-6-5-7-13-9-11/h4,11,13H,2-3,5-10H2,1H3. The third-order valence-electron chi connectivity index (χ3n) is 2.86. The summed E-state index contributed by atoms with van der Waals surface area (Å²) < 4.78 is 0. The quantitative estimate of drug-likeness (QED) is 0.696. The second-order valence-corrected chi connectivity index (χ2v) is 4.20. The lowest BCUT2D eigenvalue weighted by Crippen LogP contribution is -2.40. The van der Waals surface area contributed by atoms with Crippen molar-refractivity contribution in [1.29, 1.82) is 0 Å². The van der Waals surface area contributed by atoms with Gasteiger partial charge in [-0.15, -0.1) is 0 Å². The highest BCUT2D eigenvalue weighted by Gasteiger charge is 2.18. The Kier molecular flexibility index (Phi) is 5.40. The fourth-order valence-electron chi connectivity index (χ4n) is 2.08. The minimum Gasteiger partial charge on any atom is -0.339 e. The van der Waals surface area contributed by atoms with E-state index in [2.05, 4.69) is 18.8 Å². The van der Waals surface area contributed by atoms with E-state index in [1.165, 1.54) is 18.9 Å². The van der Waals surface area contributed by atoms with E-state index < -0.39 is 0 Å². The number of hydrogen-bond acceptors (Lipinski definition) is 2. The van der Waals surface area contributed by atoms with Crippen molar-refractivity contribution in [3.63, 3.8) is 0 Å². The van der Waals surface area contributed by atoms with Crippen LogP contribution >= 0.6 is 0 Å². The van der Waals surface area contributed by atoms with Gasteiger partial charge in [0.25, 0.3) is 0 Å². The van der Waals surface area contributed by atoms with Gasteiger partial charge in [-0.2, -0.15) is 0 Å². The number of nitrogens with zero attached hydrogens (tertiary/aromatic N) is 1. The first-order valence-electron chi connectivity index (χ1n) is 5.90. The van der Waals surface area contributed by atoms with Crippen LogP contribution in [-0.4, -0.2) is 37.0 Å². The molecule has 0 radical (unpaired) electrons.